The average Bonchev–Trinajstić information content (AvgIpc) is 3.18. The number of aryl methyl sites for hydroxylation is 3. The van der Waals surface area contributed by atoms with E-state index in [4.69, 9.17) is 9.47 Å². The van der Waals surface area contributed by atoms with E-state index in [9.17, 15) is 9.90 Å². The van der Waals surface area contributed by atoms with Crippen LogP contribution >= 0.6 is 0 Å². The largest absolute Gasteiger partial charge is 0.491 e. The first-order valence-corrected chi connectivity index (χ1v) is 13.0. The number of nitrogens with zero attached hydrogens (tertiary/aromatic N) is 1. The summed E-state index contributed by atoms with van der Waals surface area (Å²) in [5.74, 6) is 0.630. The maximum absolute atomic E-state index is 11.6. The van der Waals surface area contributed by atoms with E-state index in [1.54, 1.807) is 0 Å². The highest BCUT2D eigenvalue weighted by Crippen LogP contribution is 2.44. The van der Waals surface area contributed by atoms with E-state index in [0.717, 1.165) is 29.7 Å². The van der Waals surface area contributed by atoms with Crippen LogP contribution in [0.5, 0.6) is 5.75 Å². The van der Waals surface area contributed by atoms with E-state index >= 15 is 0 Å². The van der Waals surface area contributed by atoms with Gasteiger partial charge in [0, 0.05) is 36.0 Å². The van der Waals surface area contributed by atoms with Crippen LogP contribution in [0.3, 0.4) is 0 Å². The van der Waals surface area contributed by atoms with Crippen LogP contribution in [-0.4, -0.2) is 35.5 Å². The van der Waals surface area contributed by atoms with E-state index in [2.05, 4.69) is 75.0 Å². The topological polar surface area (TPSA) is 60.7 Å². The van der Waals surface area contributed by atoms with Gasteiger partial charge in [-0.15, -0.1) is 0 Å². The lowest BCUT2D eigenvalue weighted by molar-refractivity contribution is -0.140. The van der Waals surface area contributed by atoms with Gasteiger partial charge in [0.15, 0.2) is 0 Å². The number of ether oxygens (including phenoxy) is 2. The molecule has 1 atom stereocenters. The van der Waals surface area contributed by atoms with E-state index < -0.39 is 6.10 Å². The third-order valence-electron chi connectivity index (χ3n) is 7.75. The molecule has 0 aliphatic rings. The lowest BCUT2D eigenvalue weighted by atomic mass is 9.70. The molecule has 1 N–H and O–H groups in total. The van der Waals surface area contributed by atoms with Crippen molar-refractivity contribution in [2.45, 2.75) is 78.7 Å². The van der Waals surface area contributed by atoms with Gasteiger partial charge in [-0.1, -0.05) is 58.9 Å². The molecular formula is C31H43NO4. The lowest BCUT2D eigenvalue weighted by Crippen LogP contribution is -2.32. The maximum Gasteiger partial charge on any atom is 0.305 e. The van der Waals surface area contributed by atoms with Gasteiger partial charge in [-0.05, 0) is 66.0 Å². The summed E-state index contributed by atoms with van der Waals surface area (Å²) in [5, 5.41) is 11.6. The summed E-state index contributed by atoms with van der Waals surface area (Å²) >= 11 is 0. The number of aliphatic hydroxyl groups is 1. The van der Waals surface area contributed by atoms with Crippen molar-refractivity contribution >= 4 is 16.9 Å². The first kappa shape index (κ1) is 27.8. The number of benzene rings is 2. The van der Waals surface area contributed by atoms with Crippen LogP contribution in [0.15, 0.2) is 42.6 Å². The van der Waals surface area contributed by atoms with Gasteiger partial charge in [-0.25, -0.2) is 0 Å². The smallest absolute Gasteiger partial charge is 0.305 e. The number of rotatable bonds is 10. The monoisotopic (exact) mass is 493 g/mol. The number of aliphatic hydroxyl groups excluding tert-OH is 1. The van der Waals surface area contributed by atoms with E-state index in [1.807, 2.05) is 20.8 Å². The number of methoxy groups -OCH3 is 1. The minimum absolute atomic E-state index is 0.138. The summed E-state index contributed by atoms with van der Waals surface area (Å²) in [6.07, 6.45) is 4.72. The number of fused-ring (bicyclic) bond motifs is 1. The summed E-state index contributed by atoms with van der Waals surface area (Å²) < 4.78 is 13.0. The zero-order chi connectivity index (χ0) is 26.7. The van der Waals surface area contributed by atoms with Crippen molar-refractivity contribution in [1.29, 1.82) is 0 Å². The fourth-order valence-electron chi connectivity index (χ4n) is 5.04. The third kappa shape index (κ3) is 5.62. The number of hydrogen-bond donors (Lipinski definition) is 1. The van der Waals surface area contributed by atoms with Gasteiger partial charge in [0.25, 0.3) is 0 Å². The molecule has 5 nitrogen and oxygen atoms in total. The second-order valence-corrected chi connectivity index (χ2v) is 11.0. The summed E-state index contributed by atoms with van der Waals surface area (Å²) in [6, 6.07) is 13.0. The molecule has 0 bridgehead atoms. The number of carbonyl (C=O) groups is 1. The van der Waals surface area contributed by atoms with Gasteiger partial charge in [0.05, 0.1) is 13.2 Å². The molecule has 1 aromatic heterocycles. The van der Waals surface area contributed by atoms with Crippen molar-refractivity contribution < 1.29 is 19.4 Å². The Morgan fingerprint density at radius 1 is 1.08 bits per heavy atom. The molecule has 0 saturated carbocycles. The summed E-state index contributed by atoms with van der Waals surface area (Å²) in [6.45, 7) is 12.9. The predicted octanol–water partition coefficient (Wildman–Crippen LogP) is 6.48. The normalized spacial score (nSPS) is 13.1. The Kier molecular flexibility index (Phi) is 8.55. The predicted molar refractivity (Wildman–Crippen MR) is 147 cm³/mol. The Hall–Kier alpha value is -2.79. The van der Waals surface area contributed by atoms with E-state index in [0.29, 0.717) is 12.8 Å². The minimum Gasteiger partial charge on any atom is -0.491 e. The van der Waals surface area contributed by atoms with E-state index in [-0.39, 0.29) is 23.4 Å². The molecule has 0 aliphatic carbocycles. The molecule has 1 heterocycles. The van der Waals surface area contributed by atoms with Crippen molar-refractivity contribution in [2.75, 3.05) is 13.7 Å². The number of aromatic nitrogens is 1. The first-order valence-electron chi connectivity index (χ1n) is 13.0. The second kappa shape index (κ2) is 11.1. The fourth-order valence-corrected chi connectivity index (χ4v) is 5.04. The molecule has 0 spiro atoms. The highest BCUT2D eigenvalue weighted by molar-refractivity contribution is 5.86. The van der Waals surface area contributed by atoms with Crippen molar-refractivity contribution in [3.05, 3.63) is 64.8 Å². The molecule has 0 amide bonds. The van der Waals surface area contributed by atoms with Gasteiger partial charge in [-0.3, -0.25) is 4.79 Å². The Bertz CT molecular complexity index is 1200. The molecule has 0 fully saturated rings. The second-order valence-electron chi connectivity index (χ2n) is 11.0. The number of esters is 1. The van der Waals surface area contributed by atoms with Crippen LogP contribution in [0.4, 0.5) is 0 Å². The highest BCUT2D eigenvalue weighted by atomic mass is 16.5. The molecular weight excluding hydrogens is 450 g/mol. The van der Waals surface area contributed by atoms with Crippen LogP contribution in [0.1, 0.15) is 76.1 Å². The SMILES string of the molecule is CCC(CC)(c1ccc(OCC(O)C(C)(C)C)c(C)c1)c1cn(C)c2cc(CCC(=O)OC)ccc12. The zero-order valence-corrected chi connectivity index (χ0v) is 23.3. The van der Waals surface area contributed by atoms with Crippen LogP contribution < -0.4 is 4.74 Å². The molecule has 5 heteroatoms. The molecule has 196 valence electrons. The molecule has 0 radical (unpaired) electrons. The zero-order valence-electron chi connectivity index (χ0n) is 23.3. The van der Waals surface area contributed by atoms with Crippen molar-refractivity contribution in [1.82, 2.24) is 4.57 Å². The van der Waals surface area contributed by atoms with Crippen LogP contribution in [0.2, 0.25) is 0 Å². The Balaban J connectivity index is 1.97. The highest BCUT2D eigenvalue weighted by Gasteiger charge is 2.34. The fraction of sp³-hybridized carbons (Fsp3) is 0.516. The quantitative estimate of drug-likeness (QED) is 0.328. The summed E-state index contributed by atoms with van der Waals surface area (Å²) in [4.78, 5) is 11.6. The Morgan fingerprint density at radius 2 is 1.78 bits per heavy atom. The van der Waals surface area contributed by atoms with Crippen molar-refractivity contribution in [3.8, 4) is 5.75 Å². The molecule has 3 rings (SSSR count). The average molecular weight is 494 g/mol. The minimum atomic E-state index is -0.532. The molecule has 3 aromatic rings. The summed E-state index contributed by atoms with van der Waals surface area (Å²) in [7, 11) is 3.52. The van der Waals surface area contributed by atoms with Gasteiger partial charge < -0.3 is 19.1 Å². The molecule has 2 aromatic carbocycles. The standard InChI is InChI=1S/C31H43NO4/c1-9-31(10-2,23-13-15-27(21(3)17-23)36-20-28(33)30(4,5)6)25-19-32(7)26-18-22(11-14-24(25)26)12-16-29(34)35-8/h11,13-15,17-19,28,33H,9-10,12,16,20H2,1-8H3. The first-order chi connectivity index (χ1) is 17.0. The number of hydrogen-bond acceptors (Lipinski definition) is 4. The van der Waals surface area contributed by atoms with Gasteiger partial charge in [-0.2, -0.15) is 0 Å². The van der Waals surface area contributed by atoms with Gasteiger partial charge in [0.2, 0.25) is 0 Å². The van der Waals surface area contributed by atoms with Gasteiger partial charge >= 0.3 is 5.97 Å². The maximum atomic E-state index is 11.6. The summed E-state index contributed by atoms with van der Waals surface area (Å²) in [5.41, 5.74) is 5.62. The van der Waals surface area contributed by atoms with E-state index in [1.165, 1.54) is 29.1 Å². The van der Waals surface area contributed by atoms with Crippen molar-refractivity contribution in [2.24, 2.45) is 12.5 Å². The van der Waals surface area contributed by atoms with Crippen molar-refractivity contribution in [3.63, 3.8) is 0 Å². The Morgan fingerprint density at radius 3 is 2.36 bits per heavy atom. The van der Waals surface area contributed by atoms with Gasteiger partial charge in [0.1, 0.15) is 12.4 Å². The molecule has 36 heavy (non-hydrogen) atoms. The van der Waals surface area contributed by atoms with Crippen LogP contribution in [-0.2, 0) is 28.4 Å². The number of carbonyl (C=O) groups excluding carboxylic acids is 1. The molecule has 0 aliphatic heterocycles. The van der Waals surface area contributed by atoms with Crippen LogP contribution in [0.25, 0.3) is 10.9 Å². The molecule has 1 unspecified atom stereocenters. The molecule has 0 saturated heterocycles. The lowest BCUT2D eigenvalue weighted by Gasteiger charge is -2.33. The third-order valence-corrected chi connectivity index (χ3v) is 7.75. The van der Waals surface area contributed by atoms with Crippen LogP contribution in [0, 0.1) is 12.3 Å². The Labute approximate surface area is 216 Å².